The Labute approximate surface area is 164 Å². The van der Waals surface area contributed by atoms with Crippen LogP contribution in [0.5, 0.6) is 0 Å². The molecule has 0 N–H and O–H groups in total. The Morgan fingerprint density at radius 1 is 1.04 bits per heavy atom. The maximum atomic E-state index is 13.8. The number of carbonyl (C=O) groups excluding carboxylic acids is 2. The van der Waals surface area contributed by atoms with E-state index in [1.165, 1.54) is 12.1 Å². The molecular weight excluding hydrogens is 379 g/mol. The number of halogens is 1. The predicted octanol–water partition coefficient (Wildman–Crippen LogP) is 4.05. The topological polar surface area (TPSA) is 60.4 Å². The summed E-state index contributed by atoms with van der Waals surface area (Å²) in [6.45, 7) is 2.00. The largest absolute Gasteiger partial charge is 0.466 e. The van der Waals surface area contributed by atoms with Crippen LogP contribution < -0.4 is 0 Å². The number of ether oxygens (including phenoxy) is 1. The summed E-state index contributed by atoms with van der Waals surface area (Å²) in [5.74, 6) is -1.14. The van der Waals surface area contributed by atoms with Crippen LogP contribution in [0.15, 0.2) is 59.5 Å². The molecule has 0 spiro atoms. The van der Waals surface area contributed by atoms with E-state index in [1.54, 1.807) is 55.6 Å². The summed E-state index contributed by atoms with van der Waals surface area (Å²) in [5, 5.41) is 1.14. The van der Waals surface area contributed by atoms with Crippen LogP contribution in [0.2, 0.25) is 0 Å². The first-order valence-corrected chi connectivity index (χ1v) is 10.3. The number of carbonyl (C=O) groups is 2. The molecule has 0 saturated heterocycles. The van der Waals surface area contributed by atoms with Gasteiger partial charge < -0.3 is 4.74 Å². The summed E-state index contributed by atoms with van der Waals surface area (Å²) in [7, 11) is -1.15. The molecule has 1 unspecified atom stereocenters. The third-order valence-corrected chi connectivity index (χ3v) is 5.26. The van der Waals surface area contributed by atoms with E-state index in [-0.39, 0.29) is 18.8 Å². The van der Waals surface area contributed by atoms with Crippen LogP contribution in [0.3, 0.4) is 0 Å². The van der Waals surface area contributed by atoms with Crippen LogP contribution in [-0.2, 0) is 26.8 Å². The highest BCUT2D eigenvalue weighted by molar-refractivity contribution is 7.84. The van der Waals surface area contributed by atoms with Crippen LogP contribution in [0, 0.1) is 5.82 Å². The van der Waals surface area contributed by atoms with Gasteiger partial charge in [-0.15, -0.1) is 0 Å². The van der Waals surface area contributed by atoms with Gasteiger partial charge in [0.2, 0.25) is 0 Å². The van der Waals surface area contributed by atoms with Crippen LogP contribution in [0.1, 0.15) is 28.4 Å². The zero-order valence-corrected chi connectivity index (χ0v) is 16.3. The van der Waals surface area contributed by atoms with Gasteiger partial charge in [0.1, 0.15) is 5.82 Å². The highest BCUT2D eigenvalue weighted by Crippen LogP contribution is 2.26. The van der Waals surface area contributed by atoms with Gasteiger partial charge in [0.25, 0.3) is 0 Å². The Morgan fingerprint density at radius 3 is 2.39 bits per heavy atom. The predicted molar refractivity (Wildman–Crippen MR) is 106 cm³/mol. The zero-order chi connectivity index (χ0) is 20.3. The summed E-state index contributed by atoms with van der Waals surface area (Å²) >= 11 is 0. The standard InChI is InChI=1S/C22H19FO4S/c1-3-27-21(24)12-14-10-16-4-7-17(23)13-19(16)20(11-14)22(25)15-5-8-18(9-6-15)28(2)26/h4-11,13H,3,12H2,1-2H3. The Morgan fingerprint density at radius 2 is 1.75 bits per heavy atom. The molecule has 0 radical (unpaired) electrons. The summed E-state index contributed by atoms with van der Waals surface area (Å²) in [4.78, 5) is 25.6. The number of hydrogen-bond acceptors (Lipinski definition) is 4. The molecule has 0 heterocycles. The molecule has 0 amide bonds. The molecule has 28 heavy (non-hydrogen) atoms. The van der Waals surface area contributed by atoms with Crippen molar-refractivity contribution >= 4 is 33.3 Å². The Kier molecular flexibility index (Phi) is 5.99. The molecule has 0 fully saturated rings. The van der Waals surface area contributed by atoms with E-state index < -0.39 is 22.6 Å². The van der Waals surface area contributed by atoms with Crippen molar-refractivity contribution in [3.63, 3.8) is 0 Å². The van der Waals surface area contributed by atoms with Crippen molar-refractivity contribution in [1.82, 2.24) is 0 Å². The first-order valence-electron chi connectivity index (χ1n) is 8.75. The lowest BCUT2D eigenvalue weighted by molar-refractivity contribution is -0.142. The van der Waals surface area contributed by atoms with Crippen molar-refractivity contribution in [1.29, 1.82) is 0 Å². The van der Waals surface area contributed by atoms with Crippen LogP contribution >= 0.6 is 0 Å². The van der Waals surface area contributed by atoms with E-state index >= 15 is 0 Å². The normalized spacial score (nSPS) is 12.0. The van der Waals surface area contributed by atoms with Gasteiger partial charge in [-0.05, 0) is 65.7 Å². The second kappa shape index (κ2) is 8.44. The van der Waals surface area contributed by atoms with Crippen LogP contribution in [0.4, 0.5) is 4.39 Å². The molecule has 0 saturated carbocycles. The Balaban J connectivity index is 2.08. The minimum atomic E-state index is -1.15. The van der Waals surface area contributed by atoms with Gasteiger partial charge >= 0.3 is 5.97 Å². The molecule has 1 atom stereocenters. The summed E-state index contributed by atoms with van der Waals surface area (Å²) in [5.41, 5.74) is 1.32. The van der Waals surface area contributed by atoms with E-state index in [0.717, 1.165) is 0 Å². The van der Waals surface area contributed by atoms with Gasteiger partial charge in [0, 0.05) is 33.1 Å². The minimum absolute atomic E-state index is 0.0230. The zero-order valence-electron chi connectivity index (χ0n) is 15.5. The van der Waals surface area contributed by atoms with Gasteiger partial charge in [-0.3, -0.25) is 13.8 Å². The fraction of sp³-hybridized carbons (Fsp3) is 0.182. The van der Waals surface area contributed by atoms with Crippen LogP contribution in [0.25, 0.3) is 10.8 Å². The number of benzene rings is 3. The Bertz CT molecular complexity index is 1070. The molecule has 3 rings (SSSR count). The van der Waals surface area contributed by atoms with Gasteiger partial charge in [0.05, 0.1) is 13.0 Å². The number of esters is 1. The first kappa shape index (κ1) is 19.9. The lowest BCUT2D eigenvalue weighted by atomic mass is 9.94. The van der Waals surface area contributed by atoms with Crippen molar-refractivity contribution < 1.29 is 22.9 Å². The van der Waals surface area contributed by atoms with E-state index in [2.05, 4.69) is 0 Å². The summed E-state index contributed by atoms with van der Waals surface area (Å²) < 4.78 is 30.4. The van der Waals surface area contributed by atoms with Gasteiger partial charge in [0.15, 0.2) is 5.78 Å². The van der Waals surface area contributed by atoms with Gasteiger partial charge in [-0.1, -0.05) is 12.1 Å². The van der Waals surface area contributed by atoms with E-state index in [4.69, 9.17) is 4.74 Å². The van der Waals surface area contributed by atoms with Crippen molar-refractivity contribution in [2.24, 2.45) is 0 Å². The maximum absolute atomic E-state index is 13.8. The molecule has 4 nitrogen and oxygen atoms in total. The van der Waals surface area contributed by atoms with Crippen LogP contribution in [-0.4, -0.2) is 28.8 Å². The van der Waals surface area contributed by atoms with E-state index in [1.807, 2.05) is 0 Å². The molecule has 0 aliphatic rings. The molecule has 6 heteroatoms. The molecule has 0 bridgehead atoms. The van der Waals surface area contributed by atoms with Gasteiger partial charge in [-0.2, -0.15) is 0 Å². The highest BCUT2D eigenvalue weighted by Gasteiger charge is 2.16. The lowest BCUT2D eigenvalue weighted by Gasteiger charge is -2.11. The average molecular weight is 398 g/mol. The minimum Gasteiger partial charge on any atom is -0.466 e. The highest BCUT2D eigenvalue weighted by atomic mass is 32.2. The SMILES string of the molecule is CCOC(=O)Cc1cc(C(=O)c2ccc(S(C)=O)cc2)c2cc(F)ccc2c1. The molecule has 3 aromatic rings. The van der Waals surface area contributed by atoms with Crippen molar-refractivity contribution in [2.75, 3.05) is 12.9 Å². The smallest absolute Gasteiger partial charge is 0.310 e. The molecule has 0 aromatic heterocycles. The molecule has 0 aliphatic heterocycles. The summed E-state index contributed by atoms with van der Waals surface area (Å²) in [6.07, 6.45) is 1.58. The third-order valence-electron chi connectivity index (χ3n) is 4.32. The number of rotatable bonds is 6. The van der Waals surface area contributed by atoms with Crippen molar-refractivity contribution in [2.45, 2.75) is 18.2 Å². The maximum Gasteiger partial charge on any atom is 0.310 e. The molecular formula is C22H19FO4S. The number of ketones is 1. The number of fused-ring (bicyclic) bond motifs is 1. The molecule has 3 aromatic carbocycles. The molecule has 0 aliphatic carbocycles. The van der Waals surface area contributed by atoms with E-state index in [9.17, 15) is 18.2 Å². The molecule has 144 valence electrons. The fourth-order valence-electron chi connectivity index (χ4n) is 3.01. The Hall–Kier alpha value is -2.86. The average Bonchev–Trinajstić information content (AvgIpc) is 2.67. The quantitative estimate of drug-likeness (QED) is 0.464. The van der Waals surface area contributed by atoms with Gasteiger partial charge in [-0.25, -0.2) is 4.39 Å². The first-order chi connectivity index (χ1) is 13.4. The second-order valence-corrected chi connectivity index (χ2v) is 7.68. The monoisotopic (exact) mass is 398 g/mol. The van der Waals surface area contributed by atoms with Crippen molar-refractivity contribution in [3.05, 3.63) is 77.1 Å². The van der Waals surface area contributed by atoms with Crippen molar-refractivity contribution in [3.8, 4) is 0 Å². The number of hydrogen-bond donors (Lipinski definition) is 0. The third kappa shape index (κ3) is 4.34. The fourth-order valence-corrected chi connectivity index (χ4v) is 3.53. The lowest BCUT2D eigenvalue weighted by Crippen LogP contribution is -2.09. The second-order valence-electron chi connectivity index (χ2n) is 6.30. The summed E-state index contributed by atoms with van der Waals surface area (Å²) in [6, 6.07) is 14.0. The van der Waals surface area contributed by atoms with E-state index in [0.29, 0.717) is 32.4 Å².